The van der Waals surface area contributed by atoms with Crippen molar-refractivity contribution in [1.29, 1.82) is 0 Å². The van der Waals surface area contributed by atoms with E-state index in [4.69, 9.17) is 19.8 Å². The molecule has 48 valence electrons. The third-order valence-electron chi connectivity index (χ3n) is 0.183. The molecule has 2 radical (unpaired) electrons. The van der Waals surface area contributed by atoms with Gasteiger partial charge >= 0.3 is 11.9 Å². The summed E-state index contributed by atoms with van der Waals surface area (Å²) in [6, 6.07) is 0. The van der Waals surface area contributed by atoms with Crippen LogP contribution in [0.4, 0.5) is 0 Å². The van der Waals surface area contributed by atoms with Crippen molar-refractivity contribution < 1.29 is 28.1 Å². The maximum atomic E-state index is 9.10. The van der Waals surface area contributed by atoms with E-state index in [1.165, 1.54) is 0 Å². The molecule has 0 aliphatic heterocycles. The fraction of sp³-hybridized carbons (Fsp3) is 0. The molecule has 0 saturated carbocycles. The summed E-state index contributed by atoms with van der Waals surface area (Å²) in [5.74, 6) is -3.65. The summed E-state index contributed by atoms with van der Waals surface area (Å²) in [7, 11) is 0. The molecule has 0 aromatic carbocycles. The molecule has 0 fully saturated rings. The molecule has 0 heterocycles. The third kappa shape index (κ3) is 9.48. The van der Waals surface area contributed by atoms with Gasteiger partial charge < -0.3 is 15.7 Å². The Balaban J connectivity index is -0.0000000208. The van der Waals surface area contributed by atoms with Gasteiger partial charge in [0, 0.05) is 40.6 Å². The zero-order chi connectivity index (χ0) is 5.15. The van der Waals surface area contributed by atoms with Crippen molar-refractivity contribution in [2.45, 2.75) is 0 Å². The van der Waals surface area contributed by atoms with E-state index >= 15 is 0 Å². The molecule has 0 aliphatic rings. The second-order valence-corrected chi connectivity index (χ2v) is 0.610. The van der Waals surface area contributed by atoms with Crippen molar-refractivity contribution in [1.82, 2.24) is 0 Å². The van der Waals surface area contributed by atoms with E-state index in [1.54, 1.807) is 0 Å². The monoisotopic (exact) mass is 152 g/mol. The molecule has 0 aromatic heterocycles. The van der Waals surface area contributed by atoms with E-state index in [9.17, 15) is 0 Å². The average Bonchev–Trinajstić information content (AvgIpc) is 1.36. The van der Waals surface area contributed by atoms with Gasteiger partial charge in [0.25, 0.3) is 0 Å². The molecule has 0 aliphatic carbocycles. The summed E-state index contributed by atoms with van der Waals surface area (Å²) in [4.78, 5) is 18.2. The van der Waals surface area contributed by atoms with Gasteiger partial charge in [-0.2, -0.15) is 0 Å². The first-order valence-corrected chi connectivity index (χ1v) is 1.11. The molecule has 8 heavy (non-hydrogen) atoms. The SMILES string of the molecule is O.O=C(O)C(=O)O.[Ca].[HH].[HH]. The van der Waals surface area contributed by atoms with Crippen molar-refractivity contribution in [3.8, 4) is 0 Å². The molecular weight excluding hydrogens is 144 g/mol. The summed E-state index contributed by atoms with van der Waals surface area (Å²) >= 11 is 0. The van der Waals surface area contributed by atoms with Crippen LogP contribution in [-0.2, 0) is 9.59 Å². The predicted molar refractivity (Wildman–Crippen MR) is 28.9 cm³/mol. The molecule has 4 N–H and O–H groups in total. The fourth-order valence-electron chi connectivity index (χ4n) is 0. The smallest absolute Gasteiger partial charge is 0.414 e. The number of rotatable bonds is 0. The minimum absolute atomic E-state index is 0. The maximum absolute atomic E-state index is 9.10. The summed E-state index contributed by atoms with van der Waals surface area (Å²) < 4.78 is 0. The van der Waals surface area contributed by atoms with E-state index in [2.05, 4.69) is 0 Å². The van der Waals surface area contributed by atoms with Gasteiger partial charge in [0.2, 0.25) is 0 Å². The number of carboxylic acid groups (broad SMARTS) is 2. The zero-order valence-electron chi connectivity index (χ0n) is 3.92. The average molecular weight is 152 g/mol. The molecule has 0 unspecified atom stereocenters. The molecule has 6 heteroatoms. The standard InChI is InChI=1S/C2H2O4.Ca.H2O.2H2/c3-1(4)2(5)6;;;;/h(H,3,4)(H,5,6);;1H2;2*1H. The molecular formula is C2H8CaO5. The van der Waals surface area contributed by atoms with Crippen molar-refractivity contribution in [2.75, 3.05) is 0 Å². The van der Waals surface area contributed by atoms with Crippen LogP contribution < -0.4 is 0 Å². The van der Waals surface area contributed by atoms with Crippen LogP contribution in [0.15, 0.2) is 0 Å². The molecule has 0 spiro atoms. The second kappa shape index (κ2) is 7.16. The van der Waals surface area contributed by atoms with E-state index in [-0.39, 0.29) is 46.1 Å². The number of hydrogen-bond acceptors (Lipinski definition) is 2. The van der Waals surface area contributed by atoms with Crippen LogP contribution in [0.25, 0.3) is 0 Å². The van der Waals surface area contributed by atoms with E-state index < -0.39 is 11.9 Å². The normalized spacial score (nSPS) is 5.50. The third-order valence-corrected chi connectivity index (χ3v) is 0.183. The van der Waals surface area contributed by atoms with E-state index in [0.717, 1.165) is 0 Å². The number of carboxylic acids is 2. The van der Waals surface area contributed by atoms with Gasteiger partial charge in [-0.3, -0.25) is 0 Å². The van der Waals surface area contributed by atoms with Crippen molar-refractivity contribution in [3.05, 3.63) is 0 Å². The van der Waals surface area contributed by atoms with Gasteiger partial charge in [-0.15, -0.1) is 0 Å². The number of carbonyl (C=O) groups is 2. The quantitative estimate of drug-likeness (QED) is 0.323. The minimum Gasteiger partial charge on any atom is -0.473 e. The molecule has 0 atom stereocenters. The largest absolute Gasteiger partial charge is 0.473 e. The van der Waals surface area contributed by atoms with E-state index in [1.807, 2.05) is 0 Å². The predicted octanol–water partition coefficient (Wildman–Crippen LogP) is -1.56. The van der Waals surface area contributed by atoms with Crippen LogP contribution in [0.1, 0.15) is 2.85 Å². The summed E-state index contributed by atoms with van der Waals surface area (Å²) in [5.41, 5.74) is 0. The van der Waals surface area contributed by atoms with Crippen LogP contribution in [0.3, 0.4) is 0 Å². The van der Waals surface area contributed by atoms with Crippen LogP contribution in [0.5, 0.6) is 0 Å². The van der Waals surface area contributed by atoms with Gasteiger partial charge in [-0.05, 0) is 0 Å². The number of hydrogen-bond donors (Lipinski definition) is 2. The first kappa shape index (κ1) is 15.7. The molecule has 5 nitrogen and oxygen atoms in total. The Morgan fingerprint density at radius 3 is 1.25 bits per heavy atom. The van der Waals surface area contributed by atoms with Gasteiger partial charge in [0.05, 0.1) is 0 Å². The van der Waals surface area contributed by atoms with Gasteiger partial charge in [-0.1, -0.05) is 0 Å². The van der Waals surface area contributed by atoms with Crippen LogP contribution in [-0.4, -0.2) is 65.4 Å². The summed E-state index contributed by atoms with van der Waals surface area (Å²) in [5, 5.41) is 14.8. The van der Waals surface area contributed by atoms with Crippen LogP contribution >= 0.6 is 0 Å². The van der Waals surface area contributed by atoms with Gasteiger partial charge in [0.1, 0.15) is 0 Å². The Bertz CT molecular complexity index is 83.6. The summed E-state index contributed by atoms with van der Waals surface area (Å²) in [6.07, 6.45) is 0. The zero-order valence-corrected chi connectivity index (χ0v) is 6.13. The Morgan fingerprint density at radius 1 is 1.12 bits per heavy atom. The van der Waals surface area contributed by atoms with Gasteiger partial charge in [-0.25, -0.2) is 9.59 Å². The Kier molecular flexibility index (Phi) is 14.1. The minimum atomic E-state index is -1.82. The molecule has 0 aromatic rings. The molecule has 0 rings (SSSR count). The fourth-order valence-corrected chi connectivity index (χ4v) is 0. The molecule has 0 bridgehead atoms. The maximum Gasteiger partial charge on any atom is 0.414 e. The Hall–Kier alpha value is 0.160. The van der Waals surface area contributed by atoms with Crippen molar-refractivity contribution in [2.24, 2.45) is 0 Å². The Labute approximate surface area is 77.6 Å². The topological polar surface area (TPSA) is 106 Å². The van der Waals surface area contributed by atoms with Crippen molar-refractivity contribution in [3.63, 3.8) is 0 Å². The number of aliphatic carboxylic acids is 2. The molecule has 0 amide bonds. The van der Waals surface area contributed by atoms with Crippen LogP contribution in [0, 0.1) is 0 Å². The van der Waals surface area contributed by atoms with Crippen LogP contribution in [0.2, 0.25) is 0 Å². The second-order valence-electron chi connectivity index (χ2n) is 0.610. The first-order valence-electron chi connectivity index (χ1n) is 1.11. The van der Waals surface area contributed by atoms with Crippen molar-refractivity contribution >= 4 is 49.7 Å². The summed E-state index contributed by atoms with van der Waals surface area (Å²) in [6.45, 7) is 0. The first-order chi connectivity index (χ1) is 2.64. The molecule has 0 saturated heterocycles. The van der Waals surface area contributed by atoms with E-state index in [0.29, 0.717) is 0 Å². The Morgan fingerprint density at radius 2 is 1.25 bits per heavy atom. The van der Waals surface area contributed by atoms with Gasteiger partial charge in [0.15, 0.2) is 0 Å².